The number of nitrogen functional groups attached to an aromatic ring is 1. The Labute approximate surface area is 89.1 Å². The third-order valence-corrected chi connectivity index (χ3v) is 2.28. The number of anilines is 1. The zero-order chi connectivity index (χ0) is 10.7. The Balaban J connectivity index is 2.51. The first-order valence-electron chi connectivity index (χ1n) is 4.74. The van der Waals surface area contributed by atoms with Gasteiger partial charge in [-0.25, -0.2) is 4.98 Å². The largest absolute Gasteiger partial charge is 0.383 e. The van der Waals surface area contributed by atoms with Crippen LogP contribution < -0.4 is 5.73 Å². The van der Waals surface area contributed by atoms with Crippen molar-refractivity contribution in [2.75, 3.05) is 5.73 Å². The van der Waals surface area contributed by atoms with E-state index in [9.17, 15) is 0 Å². The van der Waals surface area contributed by atoms with Crippen LogP contribution in [0.15, 0.2) is 49.2 Å². The Morgan fingerprint density at radius 1 is 1.13 bits per heavy atom. The van der Waals surface area contributed by atoms with E-state index >= 15 is 0 Å². The molecule has 1 aromatic heterocycles. The summed E-state index contributed by atoms with van der Waals surface area (Å²) in [6.07, 6.45) is 3.49. The highest BCUT2D eigenvalue weighted by Crippen LogP contribution is 2.21. The van der Waals surface area contributed by atoms with Crippen LogP contribution >= 0.6 is 0 Å². The van der Waals surface area contributed by atoms with Crippen molar-refractivity contribution in [3.05, 3.63) is 54.7 Å². The monoisotopic (exact) mass is 196 g/mol. The lowest BCUT2D eigenvalue weighted by Crippen LogP contribution is -1.93. The van der Waals surface area contributed by atoms with Crippen LogP contribution in [0.2, 0.25) is 0 Å². The molecule has 0 aliphatic rings. The van der Waals surface area contributed by atoms with Crippen molar-refractivity contribution in [3.8, 4) is 11.1 Å². The fourth-order valence-electron chi connectivity index (χ4n) is 1.44. The highest BCUT2D eigenvalue weighted by atomic mass is 14.8. The van der Waals surface area contributed by atoms with Gasteiger partial charge in [0.05, 0.1) is 0 Å². The number of nitrogens with zero attached hydrogens (tertiary/aromatic N) is 1. The van der Waals surface area contributed by atoms with Crippen molar-refractivity contribution in [3.63, 3.8) is 0 Å². The van der Waals surface area contributed by atoms with Gasteiger partial charge in [-0.1, -0.05) is 43.0 Å². The highest BCUT2D eigenvalue weighted by Gasteiger charge is 2.00. The van der Waals surface area contributed by atoms with E-state index in [2.05, 4.69) is 11.6 Å². The zero-order valence-corrected chi connectivity index (χ0v) is 8.35. The van der Waals surface area contributed by atoms with Gasteiger partial charge in [-0.3, -0.25) is 0 Å². The first kappa shape index (κ1) is 9.46. The molecule has 15 heavy (non-hydrogen) atoms. The number of nitrogens with two attached hydrogens (primary N) is 1. The maximum absolute atomic E-state index is 5.70. The van der Waals surface area contributed by atoms with Gasteiger partial charge in [-0.2, -0.15) is 0 Å². The minimum absolute atomic E-state index is 0.518. The summed E-state index contributed by atoms with van der Waals surface area (Å²) < 4.78 is 0. The molecule has 2 nitrogen and oxygen atoms in total. The fourth-order valence-corrected chi connectivity index (χ4v) is 1.44. The average Bonchev–Trinajstić information content (AvgIpc) is 2.31. The first-order valence-corrected chi connectivity index (χ1v) is 4.74. The summed E-state index contributed by atoms with van der Waals surface area (Å²) in [4.78, 5) is 4.13. The molecule has 0 aliphatic carbocycles. The molecule has 0 saturated heterocycles. The first-order chi connectivity index (χ1) is 7.31. The van der Waals surface area contributed by atoms with Crippen molar-refractivity contribution >= 4 is 11.9 Å². The summed E-state index contributed by atoms with van der Waals surface area (Å²) in [6.45, 7) is 3.71. The second-order valence-electron chi connectivity index (χ2n) is 3.27. The van der Waals surface area contributed by atoms with Crippen molar-refractivity contribution < 1.29 is 0 Å². The predicted octanol–water partition coefficient (Wildman–Crippen LogP) is 2.97. The van der Waals surface area contributed by atoms with Crippen LogP contribution in [0.3, 0.4) is 0 Å². The molecular formula is C13H12N2. The average molecular weight is 196 g/mol. The van der Waals surface area contributed by atoms with E-state index < -0.39 is 0 Å². The van der Waals surface area contributed by atoms with Gasteiger partial charge >= 0.3 is 0 Å². The lowest BCUT2D eigenvalue weighted by Gasteiger charge is -2.04. The Morgan fingerprint density at radius 3 is 2.53 bits per heavy atom. The third kappa shape index (κ3) is 1.89. The second kappa shape index (κ2) is 3.96. The van der Waals surface area contributed by atoms with E-state index in [1.807, 2.05) is 36.4 Å². The Morgan fingerprint density at radius 2 is 1.87 bits per heavy atom. The second-order valence-corrected chi connectivity index (χ2v) is 3.27. The molecule has 0 bridgehead atoms. The summed E-state index contributed by atoms with van der Waals surface area (Å²) in [5, 5.41) is 0. The van der Waals surface area contributed by atoms with Crippen LogP contribution in [-0.2, 0) is 0 Å². The lowest BCUT2D eigenvalue weighted by molar-refractivity contribution is 1.32. The smallest absolute Gasteiger partial charge is 0.130 e. The Hall–Kier alpha value is -2.09. The topological polar surface area (TPSA) is 38.9 Å². The van der Waals surface area contributed by atoms with E-state index in [1.165, 1.54) is 0 Å². The third-order valence-electron chi connectivity index (χ3n) is 2.28. The molecule has 1 aromatic carbocycles. The molecule has 2 rings (SSSR count). The van der Waals surface area contributed by atoms with Gasteiger partial charge in [-0.15, -0.1) is 0 Å². The molecular weight excluding hydrogens is 184 g/mol. The van der Waals surface area contributed by atoms with Crippen LogP contribution in [0, 0.1) is 0 Å². The molecule has 2 N–H and O–H groups in total. The minimum Gasteiger partial charge on any atom is -0.383 e. The van der Waals surface area contributed by atoms with Crippen LogP contribution in [0.25, 0.3) is 17.2 Å². The maximum Gasteiger partial charge on any atom is 0.130 e. The Kier molecular flexibility index (Phi) is 2.50. The van der Waals surface area contributed by atoms with Crippen molar-refractivity contribution in [1.82, 2.24) is 4.98 Å². The summed E-state index contributed by atoms with van der Waals surface area (Å²) in [7, 11) is 0. The highest BCUT2D eigenvalue weighted by molar-refractivity contribution is 5.70. The van der Waals surface area contributed by atoms with Gasteiger partial charge in [-0.05, 0) is 11.6 Å². The van der Waals surface area contributed by atoms with Gasteiger partial charge in [0.2, 0.25) is 0 Å². The summed E-state index contributed by atoms with van der Waals surface area (Å²) in [5.41, 5.74) is 8.76. The molecule has 0 amide bonds. The summed E-state index contributed by atoms with van der Waals surface area (Å²) in [6, 6.07) is 12.1. The molecule has 0 atom stereocenters. The minimum atomic E-state index is 0.518. The van der Waals surface area contributed by atoms with E-state index in [4.69, 9.17) is 5.73 Å². The molecule has 2 aromatic rings. The fraction of sp³-hybridized carbons (Fsp3) is 0. The summed E-state index contributed by atoms with van der Waals surface area (Å²) in [5.74, 6) is 0.518. The zero-order valence-electron chi connectivity index (χ0n) is 8.35. The number of aromatic nitrogens is 1. The molecule has 0 radical (unpaired) electrons. The van der Waals surface area contributed by atoms with Crippen LogP contribution in [0.1, 0.15) is 5.56 Å². The number of pyridine rings is 1. The number of hydrogen-bond acceptors (Lipinski definition) is 2. The molecule has 74 valence electrons. The SMILES string of the molecule is C=Cc1cc(-c2ccccc2)cnc1N. The molecule has 0 unspecified atom stereocenters. The van der Waals surface area contributed by atoms with Crippen molar-refractivity contribution in [2.45, 2.75) is 0 Å². The maximum atomic E-state index is 5.70. The predicted molar refractivity (Wildman–Crippen MR) is 64.2 cm³/mol. The quantitative estimate of drug-likeness (QED) is 0.802. The Bertz CT molecular complexity index is 475. The van der Waals surface area contributed by atoms with E-state index in [-0.39, 0.29) is 0 Å². The van der Waals surface area contributed by atoms with Crippen LogP contribution in [0.5, 0.6) is 0 Å². The molecule has 0 aliphatic heterocycles. The van der Waals surface area contributed by atoms with Gasteiger partial charge in [0.15, 0.2) is 0 Å². The molecule has 0 fully saturated rings. The van der Waals surface area contributed by atoms with Gasteiger partial charge in [0, 0.05) is 17.3 Å². The van der Waals surface area contributed by atoms with Crippen molar-refractivity contribution in [2.24, 2.45) is 0 Å². The van der Waals surface area contributed by atoms with Gasteiger partial charge in [0.1, 0.15) is 5.82 Å². The standard InChI is InChI=1S/C13H12N2/c1-2-10-8-12(9-15-13(10)14)11-6-4-3-5-7-11/h2-9H,1H2,(H2,14,15). The van der Waals surface area contributed by atoms with Gasteiger partial charge in [0.25, 0.3) is 0 Å². The normalized spacial score (nSPS) is 9.87. The number of hydrogen-bond donors (Lipinski definition) is 1. The van der Waals surface area contributed by atoms with Crippen molar-refractivity contribution in [1.29, 1.82) is 0 Å². The van der Waals surface area contributed by atoms with E-state index in [1.54, 1.807) is 12.3 Å². The number of benzene rings is 1. The van der Waals surface area contributed by atoms with E-state index in [0.29, 0.717) is 5.82 Å². The van der Waals surface area contributed by atoms with Gasteiger partial charge < -0.3 is 5.73 Å². The van der Waals surface area contributed by atoms with E-state index in [0.717, 1.165) is 16.7 Å². The summed E-state index contributed by atoms with van der Waals surface area (Å²) >= 11 is 0. The number of rotatable bonds is 2. The van der Waals surface area contributed by atoms with Crippen LogP contribution in [0.4, 0.5) is 5.82 Å². The molecule has 2 heteroatoms. The molecule has 0 spiro atoms. The lowest BCUT2D eigenvalue weighted by atomic mass is 10.1. The molecule has 1 heterocycles. The molecule has 0 saturated carbocycles. The van der Waals surface area contributed by atoms with Crippen LogP contribution in [-0.4, -0.2) is 4.98 Å².